The molecule has 8 heteroatoms. The Morgan fingerprint density at radius 2 is 2.03 bits per heavy atom. The fourth-order valence-electron chi connectivity index (χ4n) is 3.78. The zero-order valence-electron chi connectivity index (χ0n) is 15.0. The molecule has 2 amide bonds. The highest BCUT2D eigenvalue weighted by molar-refractivity contribution is 7.14. The summed E-state index contributed by atoms with van der Waals surface area (Å²) in [6.45, 7) is 0.180. The molecule has 1 saturated heterocycles. The molecule has 5 rings (SSSR count). The molecule has 1 aromatic heterocycles. The van der Waals surface area contributed by atoms with E-state index in [1.54, 1.807) is 29.8 Å². The van der Waals surface area contributed by atoms with E-state index < -0.39 is 17.7 Å². The second-order valence-corrected chi connectivity index (χ2v) is 8.41. The number of hydrogen-bond donors (Lipinski definition) is 1. The highest BCUT2D eigenvalue weighted by Gasteiger charge is 2.36. The van der Waals surface area contributed by atoms with Crippen molar-refractivity contribution in [3.8, 4) is 11.1 Å². The Morgan fingerprint density at radius 1 is 1.17 bits per heavy atom. The van der Waals surface area contributed by atoms with Gasteiger partial charge in [0.15, 0.2) is 11.6 Å². The molecule has 1 atom stereocenters. The molecular formula is C21H14ClF2N3OS. The highest BCUT2D eigenvalue weighted by atomic mass is 35.5. The number of benzene rings is 2. The monoisotopic (exact) mass is 429 g/mol. The number of aliphatic imine (C=N–C) groups is 1. The van der Waals surface area contributed by atoms with Crippen molar-refractivity contribution in [2.75, 3.05) is 11.4 Å². The molecule has 2 aromatic carbocycles. The van der Waals surface area contributed by atoms with Crippen LogP contribution >= 0.6 is 22.9 Å². The Hall–Kier alpha value is -2.77. The summed E-state index contributed by atoms with van der Waals surface area (Å²) >= 11 is 7.17. The summed E-state index contributed by atoms with van der Waals surface area (Å²) in [4.78, 5) is 18.3. The second kappa shape index (κ2) is 6.93. The van der Waals surface area contributed by atoms with Gasteiger partial charge >= 0.3 is 6.03 Å². The van der Waals surface area contributed by atoms with Crippen LogP contribution in [0.3, 0.4) is 0 Å². The average molecular weight is 430 g/mol. The Morgan fingerprint density at radius 3 is 2.83 bits per heavy atom. The molecule has 0 saturated carbocycles. The first-order valence-corrected chi connectivity index (χ1v) is 10.2. The van der Waals surface area contributed by atoms with Crippen LogP contribution in [0.1, 0.15) is 17.2 Å². The molecule has 1 N–H and O–H groups in total. The van der Waals surface area contributed by atoms with E-state index in [2.05, 4.69) is 10.3 Å². The molecule has 4 nitrogen and oxygen atoms in total. The minimum Gasteiger partial charge on any atom is -0.335 e. The van der Waals surface area contributed by atoms with Crippen LogP contribution in [0.2, 0.25) is 4.34 Å². The van der Waals surface area contributed by atoms with Crippen molar-refractivity contribution in [3.63, 3.8) is 0 Å². The molecule has 2 aliphatic heterocycles. The molecule has 0 aliphatic carbocycles. The molecule has 0 spiro atoms. The third-order valence-electron chi connectivity index (χ3n) is 5.22. The highest BCUT2D eigenvalue weighted by Crippen LogP contribution is 2.38. The lowest BCUT2D eigenvalue weighted by atomic mass is 9.99. The Labute approximate surface area is 174 Å². The van der Waals surface area contributed by atoms with Gasteiger partial charge in [-0.3, -0.25) is 9.89 Å². The van der Waals surface area contributed by atoms with Crippen molar-refractivity contribution < 1.29 is 13.6 Å². The number of nitrogens with zero attached hydrogens (tertiary/aromatic N) is 2. The van der Waals surface area contributed by atoms with Crippen LogP contribution in [0.15, 0.2) is 46.8 Å². The fourth-order valence-corrected chi connectivity index (χ4v) is 4.66. The summed E-state index contributed by atoms with van der Waals surface area (Å²) in [5, 5.41) is 4.40. The molecule has 146 valence electrons. The number of urea groups is 1. The number of hydrogen-bond acceptors (Lipinski definition) is 3. The van der Waals surface area contributed by atoms with Crippen molar-refractivity contribution in [3.05, 3.63) is 68.9 Å². The quantitative estimate of drug-likeness (QED) is 0.555. The van der Waals surface area contributed by atoms with Crippen molar-refractivity contribution in [2.45, 2.75) is 12.5 Å². The molecule has 3 aromatic rings. The van der Waals surface area contributed by atoms with Crippen LogP contribution in [0, 0.1) is 11.6 Å². The Balaban J connectivity index is 1.55. The molecular weight excluding hydrogens is 416 g/mol. The summed E-state index contributed by atoms with van der Waals surface area (Å²) in [7, 11) is 0. The van der Waals surface area contributed by atoms with Gasteiger partial charge in [0.25, 0.3) is 0 Å². The van der Waals surface area contributed by atoms with Crippen molar-refractivity contribution in [1.82, 2.24) is 5.32 Å². The molecule has 0 bridgehead atoms. The molecule has 1 unspecified atom stereocenters. The second-order valence-electron chi connectivity index (χ2n) is 6.87. The Bertz CT molecular complexity index is 1180. The van der Waals surface area contributed by atoms with E-state index in [4.69, 9.17) is 11.6 Å². The van der Waals surface area contributed by atoms with Gasteiger partial charge in [-0.05, 0) is 29.3 Å². The maximum Gasteiger partial charge on any atom is 0.322 e. The fraction of sp³-hybridized carbons (Fsp3) is 0.143. The van der Waals surface area contributed by atoms with Gasteiger partial charge in [-0.2, -0.15) is 0 Å². The average Bonchev–Trinajstić information content (AvgIpc) is 3.43. The van der Waals surface area contributed by atoms with Gasteiger partial charge in [0, 0.05) is 41.4 Å². The maximum atomic E-state index is 15.0. The number of nitrogens with one attached hydrogen (secondary N) is 1. The van der Waals surface area contributed by atoms with E-state index in [1.807, 2.05) is 6.07 Å². The SMILES string of the molecule is O=C1NCC(c2ccc(-c3csc(Cl)c3)c(F)c2F)N1c1ccc2c(c1)N=CC2. The largest absolute Gasteiger partial charge is 0.335 e. The normalized spacial score (nSPS) is 17.7. The number of thiophene rings is 1. The molecule has 2 aliphatic rings. The number of fused-ring (bicyclic) bond motifs is 1. The van der Waals surface area contributed by atoms with E-state index in [0.717, 1.165) is 17.7 Å². The molecule has 3 heterocycles. The molecule has 29 heavy (non-hydrogen) atoms. The zero-order valence-corrected chi connectivity index (χ0v) is 16.5. The first kappa shape index (κ1) is 18.3. The zero-order chi connectivity index (χ0) is 20.1. The van der Waals surface area contributed by atoms with Crippen LogP contribution in [0.4, 0.5) is 25.0 Å². The summed E-state index contributed by atoms with van der Waals surface area (Å²) in [6.07, 6.45) is 2.56. The minimum atomic E-state index is -0.962. The van der Waals surface area contributed by atoms with E-state index in [0.29, 0.717) is 15.6 Å². The van der Waals surface area contributed by atoms with E-state index in [9.17, 15) is 9.18 Å². The van der Waals surface area contributed by atoms with Crippen molar-refractivity contribution in [1.29, 1.82) is 0 Å². The van der Waals surface area contributed by atoms with E-state index >= 15 is 4.39 Å². The van der Waals surface area contributed by atoms with Crippen LogP contribution in [0.5, 0.6) is 0 Å². The first-order valence-electron chi connectivity index (χ1n) is 8.98. The smallest absolute Gasteiger partial charge is 0.322 e. The first-order chi connectivity index (χ1) is 14.0. The predicted molar refractivity (Wildman–Crippen MR) is 112 cm³/mol. The molecule has 1 fully saturated rings. The van der Waals surface area contributed by atoms with Crippen molar-refractivity contribution >= 4 is 46.6 Å². The number of carbonyl (C=O) groups is 1. The standard InChI is InChI=1S/C21H14ClF2N3OS/c22-18-7-12(10-29-18)14-3-4-15(20(24)19(14)23)17-9-26-21(28)27(17)13-2-1-11-5-6-25-16(11)8-13/h1-4,6-8,10,17H,5,9H2,(H,26,28). The molecule has 0 radical (unpaired) electrons. The predicted octanol–water partition coefficient (Wildman–Crippen LogP) is 5.88. The summed E-state index contributed by atoms with van der Waals surface area (Å²) in [5.74, 6) is -1.91. The number of rotatable bonds is 3. The van der Waals surface area contributed by atoms with Crippen LogP contribution in [-0.4, -0.2) is 18.8 Å². The third kappa shape index (κ3) is 3.01. The summed E-state index contributed by atoms with van der Waals surface area (Å²) < 4.78 is 30.4. The summed E-state index contributed by atoms with van der Waals surface area (Å²) in [6, 6.07) is 9.14. The maximum absolute atomic E-state index is 15.0. The lowest BCUT2D eigenvalue weighted by Gasteiger charge is -2.24. The third-order valence-corrected chi connectivity index (χ3v) is 6.31. The van der Waals surface area contributed by atoms with Gasteiger partial charge in [0.2, 0.25) is 0 Å². The van der Waals surface area contributed by atoms with Gasteiger partial charge in [0.1, 0.15) is 0 Å². The van der Waals surface area contributed by atoms with Crippen LogP contribution in [-0.2, 0) is 6.42 Å². The van der Waals surface area contributed by atoms with Crippen molar-refractivity contribution in [2.24, 2.45) is 4.99 Å². The summed E-state index contributed by atoms with van der Waals surface area (Å²) in [5.41, 5.74) is 3.24. The van der Waals surface area contributed by atoms with Gasteiger partial charge < -0.3 is 5.32 Å². The lowest BCUT2D eigenvalue weighted by Crippen LogP contribution is -2.30. The topological polar surface area (TPSA) is 44.7 Å². The Kier molecular flexibility index (Phi) is 4.37. The van der Waals surface area contributed by atoms with E-state index in [1.165, 1.54) is 28.4 Å². The van der Waals surface area contributed by atoms with Gasteiger partial charge in [-0.1, -0.05) is 29.8 Å². The van der Waals surface area contributed by atoms with Gasteiger partial charge in [-0.25, -0.2) is 13.6 Å². The van der Waals surface area contributed by atoms with Crippen LogP contribution in [0.25, 0.3) is 11.1 Å². The van der Waals surface area contributed by atoms with Gasteiger partial charge in [-0.15, -0.1) is 11.3 Å². The van der Waals surface area contributed by atoms with Gasteiger partial charge in [0.05, 0.1) is 16.1 Å². The minimum absolute atomic E-state index is 0.120. The number of carbonyl (C=O) groups excluding carboxylic acids is 1. The van der Waals surface area contributed by atoms with Crippen LogP contribution < -0.4 is 10.2 Å². The number of halogens is 3. The lowest BCUT2D eigenvalue weighted by molar-refractivity contribution is 0.251. The number of anilines is 1. The van der Waals surface area contributed by atoms with E-state index in [-0.39, 0.29) is 23.7 Å². The number of amides is 2.